The second kappa shape index (κ2) is 7.89. The monoisotopic (exact) mass is 356 g/mol. The summed E-state index contributed by atoms with van der Waals surface area (Å²) >= 11 is 0. The Balaban J connectivity index is 1.59. The summed E-state index contributed by atoms with van der Waals surface area (Å²) in [4.78, 5) is 21.5. The fraction of sp³-hybridized carbons (Fsp3) is 0.550. The highest BCUT2D eigenvalue weighted by molar-refractivity contribution is 5.76. The molecule has 0 N–H and O–H groups in total. The second-order valence-corrected chi connectivity index (χ2v) is 7.19. The Morgan fingerprint density at radius 3 is 2.85 bits per heavy atom. The molecular formula is C20H28N4O2. The first-order chi connectivity index (χ1) is 12.5. The van der Waals surface area contributed by atoms with Crippen molar-refractivity contribution in [1.82, 2.24) is 15.0 Å². The third-order valence-corrected chi connectivity index (χ3v) is 5.31. The Labute approximate surface area is 155 Å². The lowest BCUT2D eigenvalue weighted by molar-refractivity contribution is -0.132. The Morgan fingerprint density at radius 1 is 1.35 bits per heavy atom. The first-order valence-corrected chi connectivity index (χ1v) is 9.31. The van der Waals surface area contributed by atoms with Gasteiger partial charge < -0.3 is 14.3 Å². The molecule has 0 saturated carbocycles. The van der Waals surface area contributed by atoms with Crippen LogP contribution in [0, 0.1) is 20.8 Å². The zero-order valence-electron chi connectivity index (χ0n) is 16.2. The third kappa shape index (κ3) is 4.06. The molecule has 1 amide bonds. The molecular weight excluding hydrogens is 328 g/mol. The van der Waals surface area contributed by atoms with Crippen molar-refractivity contribution in [2.75, 3.05) is 25.0 Å². The van der Waals surface area contributed by atoms with Gasteiger partial charge in [-0.2, -0.15) is 0 Å². The van der Waals surface area contributed by atoms with Crippen LogP contribution in [0.15, 0.2) is 22.7 Å². The van der Waals surface area contributed by atoms with Crippen LogP contribution in [0.25, 0.3) is 0 Å². The zero-order valence-corrected chi connectivity index (χ0v) is 16.2. The summed E-state index contributed by atoms with van der Waals surface area (Å²) in [6.07, 6.45) is 3.27. The minimum Gasteiger partial charge on any atom is -0.361 e. The number of piperidine rings is 1. The summed E-state index contributed by atoms with van der Waals surface area (Å²) in [7, 11) is 1.92. The quantitative estimate of drug-likeness (QED) is 0.824. The fourth-order valence-electron chi connectivity index (χ4n) is 3.65. The molecule has 0 aliphatic carbocycles. The lowest BCUT2D eigenvalue weighted by atomic mass is 10.0. The summed E-state index contributed by atoms with van der Waals surface area (Å²) in [5.74, 6) is 1.99. The topological polar surface area (TPSA) is 62.5 Å². The molecule has 1 aliphatic rings. The summed E-state index contributed by atoms with van der Waals surface area (Å²) in [5.41, 5.74) is 2.96. The van der Waals surface area contributed by atoms with Crippen molar-refractivity contribution in [2.45, 2.75) is 52.5 Å². The maximum absolute atomic E-state index is 12.7. The molecule has 1 unspecified atom stereocenters. The van der Waals surface area contributed by atoms with E-state index in [0.717, 1.165) is 54.5 Å². The normalized spacial score (nSPS) is 17.4. The van der Waals surface area contributed by atoms with Gasteiger partial charge in [0.05, 0.1) is 5.69 Å². The van der Waals surface area contributed by atoms with E-state index < -0.39 is 0 Å². The van der Waals surface area contributed by atoms with Crippen molar-refractivity contribution in [3.63, 3.8) is 0 Å². The second-order valence-electron chi connectivity index (χ2n) is 7.19. The van der Waals surface area contributed by atoms with Crippen molar-refractivity contribution in [3.8, 4) is 0 Å². The number of carbonyl (C=O) groups excluding carboxylic acids is 1. The van der Waals surface area contributed by atoms with Gasteiger partial charge in [-0.1, -0.05) is 11.2 Å². The highest BCUT2D eigenvalue weighted by Crippen LogP contribution is 2.22. The van der Waals surface area contributed by atoms with E-state index in [9.17, 15) is 4.79 Å². The van der Waals surface area contributed by atoms with Crippen LogP contribution in [-0.2, 0) is 11.2 Å². The number of rotatable bonds is 5. The van der Waals surface area contributed by atoms with Crippen molar-refractivity contribution in [2.24, 2.45) is 0 Å². The standard InChI is InChI=1S/C20H28N4O2/c1-14-7-5-9-19(21-14)24-12-6-8-17(13-24)23(4)20(25)11-10-18-15(2)22-26-16(18)3/h5,7,9,17H,6,8,10-13H2,1-4H3. The Hall–Kier alpha value is -2.37. The number of pyridine rings is 1. The Kier molecular flexibility index (Phi) is 5.59. The van der Waals surface area contributed by atoms with Crippen molar-refractivity contribution >= 4 is 11.7 Å². The van der Waals surface area contributed by atoms with E-state index in [-0.39, 0.29) is 11.9 Å². The van der Waals surface area contributed by atoms with Crippen molar-refractivity contribution in [1.29, 1.82) is 0 Å². The minimum atomic E-state index is 0.175. The number of carbonyl (C=O) groups is 1. The fourth-order valence-corrected chi connectivity index (χ4v) is 3.65. The van der Waals surface area contributed by atoms with Gasteiger partial charge in [0.1, 0.15) is 11.6 Å². The van der Waals surface area contributed by atoms with Gasteiger partial charge in [0.2, 0.25) is 5.91 Å². The molecule has 2 aromatic rings. The van der Waals surface area contributed by atoms with E-state index in [4.69, 9.17) is 4.52 Å². The molecule has 3 heterocycles. The van der Waals surface area contributed by atoms with E-state index in [1.807, 2.05) is 44.9 Å². The van der Waals surface area contributed by atoms with Crippen LogP contribution in [0.3, 0.4) is 0 Å². The van der Waals surface area contributed by atoms with Gasteiger partial charge >= 0.3 is 0 Å². The van der Waals surface area contributed by atoms with Gasteiger partial charge in [-0.25, -0.2) is 4.98 Å². The molecule has 0 radical (unpaired) electrons. The smallest absolute Gasteiger partial charge is 0.222 e. The molecule has 1 atom stereocenters. The predicted octanol–water partition coefficient (Wildman–Crippen LogP) is 3.05. The Bertz CT molecular complexity index is 751. The highest BCUT2D eigenvalue weighted by Gasteiger charge is 2.27. The molecule has 140 valence electrons. The SMILES string of the molecule is Cc1cccc(N2CCCC(N(C)C(=O)CCc3c(C)noc3C)C2)n1. The van der Waals surface area contributed by atoms with Gasteiger partial charge in [0.15, 0.2) is 0 Å². The maximum Gasteiger partial charge on any atom is 0.222 e. The van der Waals surface area contributed by atoms with Crippen molar-refractivity contribution in [3.05, 3.63) is 40.9 Å². The molecule has 0 aromatic carbocycles. The van der Waals surface area contributed by atoms with Crippen molar-refractivity contribution < 1.29 is 9.32 Å². The van der Waals surface area contributed by atoms with E-state index in [0.29, 0.717) is 12.8 Å². The average Bonchev–Trinajstić information content (AvgIpc) is 2.97. The van der Waals surface area contributed by atoms with E-state index in [2.05, 4.69) is 21.1 Å². The van der Waals surface area contributed by atoms with Gasteiger partial charge in [-0.3, -0.25) is 4.79 Å². The van der Waals surface area contributed by atoms with Gasteiger partial charge in [0.25, 0.3) is 0 Å². The average molecular weight is 356 g/mol. The number of nitrogens with zero attached hydrogens (tertiary/aromatic N) is 4. The summed E-state index contributed by atoms with van der Waals surface area (Å²) in [5, 5.41) is 3.97. The lowest BCUT2D eigenvalue weighted by Crippen LogP contribution is -2.49. The highest BCUT2D eigenvalue weighted by atomic mass is 16.5. The summed E-state index contributed by atoms with van der Waals surface area (Å²) < 4.78 is 5.19. The number of hydrogen-bond acceptors (Lipinski definition) is 5. The molecule has 0 bridgehead atoms. The molecule has 6 heteroatoms. The number of aromatic nitrogens is 2. The lowest BCUT2D eigenvalue weighted by Gasteiger charge is -2.38. The first kappa shape index (κ1) is 18.4. The van der Waals surface area contributed by atoms with Crippen LogP contribution in [0.2, 0.25) is 0 Å². The molecule has 0 spiro atoms. The van der Waals surface area contributed by atoms with Crippen LogP contribution in [-0.4, -0.2) is 47.1 Å². The molecule has 1 fully saturated rings. The first-order valence-electron chi connectivity index (χ1n) is 9.31. The molecule has 26 heavy (non-hydrogen) atoms. The summed E-state index contributed by atoms with van der Waals surface area (Å²) in [6.45, 7) is 7.67. The third-order valence-electron chi connectivity index (χ3n) is 5.31. The van der Waals surface area contributed by atoms with Crippen LogP contribution in [0.5, 0.6) is 0 Å². The number of likely N-dealkylation sites (N-methyl/N-ethyl adjacent to an activating group) is 1. The van der Waals surface area contributed by atoms with E-state index in [1.54, 1.807) is 0 Å². The largest absolute Gasteiger partial charge is 0.361 e. The maximum atomic E-state index is 12.7. The molecule has 2 aromatic heterocycles. The molecule has 1 aliphatic heterocycles. The van der Waals surface area contributed by atoms with Crippen LogP contribution >= 0.6 is 0 Å². The van der Waals surface area contributed by atoms with Crippen LogP contribution < -0.4 is 4.90 Å². The van der Waals surface area contributed by atoms with Gasteiger partial charge in [-0.05, 0) is 52.2 Å². The minimum absolute atomic E-state index is 0.175. The zero-order chi connectivity index (χ0) is 18.7. The molecule has 6 nitrogen and oxygen atoms in total. The van der Waals surface area contributed by atoms with Crippen LogP contribution in [0.4, 0.5) is 5.82 Å². The van der Waals surface area contributed by atoms with E-state index >= 15 is 0 Å². The van der Waals surface area contributed by atoms with Crippen LogP contribution in [0.1, 0.15) is 42.0 Å². The van der Waals surface area contributed by atoms with Gasteiger partial charge in [0, 0.05) is 43.9 Å². The number of hydrogen-bond donors (Lipinski definition) is 0. The molecule has 1 saturated heterocycles. The number of anilines is 1. The van der Waals surface area contributed by atoms with E-state index in [1.165, 1.54) is 0 Å². The Morgan fingerprint density at radius 2 is 2.15 bits per heavy atom. The van der Waals surface area contributed by atoms with Gasteiger partial charge in [-0.15, -0.1) is 0 Å². The molecule has 3 rings (SSSR count). The summed E-state index contributed by atoms with van der Waals surface area (Å²) in [6, 6.07) is 6.33. The predicted molar refractivity (Wildman–Crippen MR) is 101 cm³/mol. The number of aryl methyl sites for hydroxylation is 3. The number of amides is 1.